The minimum atomic E-state index is -0.345. The minimum Gasteiger partial charge on any atom is -0.484 e. The Morgan fingerprint density at radius 3 is 2.20 bits per heavy atom. The summed E-state index contributed by atoms with van der Waals surface area (Å²) in [5.74, 6) is 0.113. The van der Waals surface area contributed by atoms with E-state index in [2.05, 4.69) is 4.74 Å². The summed E-state index contributed by atoms with van der Waals surface area (Å²) in [6.07, 6.45) is 0.144. The molecule has 1 atom stereocenters. The lowest BCUT2D eigenvalue weighted by molar-refractivity contribution is -0.142. The van der Waals surface area contributed by atoms with E-state index in [1.807, 2.05) is 55.5 Å². The zero-order valence-electron chi connectivity index (χ0n) is 14.6. The third kappa shape index (κ3) is 5.64. The van der Waals surface area contributed by atoms with Crippen LogP contribution < -0.4 is 4.74 Å². The summed E-state index contributed by atoms with van der Waals surface area (Å²) in [7, 11) is 1.34. The van der Waals surface area contributed by atoms with E-state index in [1.165, 1.54) is 7.11 Å². The highest BCUT2D eigenvalue weighted by Crippen LogP contribution is 2.21. The SMILES string of the molecule is COC(=O)CCN(C(=O)COc1ccccc1)C(C)c1ccccc1. The van der Waals surface area contributed by atoms with Gasteiger partial charge in [0.05, 0.1) is 19.6 Å². The predicted octanol–water partition coefficient (Wildman–Crippen LogP) is 3.22. The van der Waals surface area contributed by atoms with Gasteiger partial charge < -0.3 is 14.4 Å². The van der Waals surface area contributed by atoms with Crippen LogP contribution in [0, 0.1) is 0 Å². The van der Waals surface area contributed by atoms with Crippen LogP contribution >= 0.6 is 0 Å². The lowest BCUT2D eigenvalue weighted by Crippen LogP contribution is -2.38. The van der Waals surface area contributed by atoms with Crippen LogP contribution in [0.25, 0.3) is 0 Å². The fraction of sp³-hybridized carbons (Fsp3) is 0.300. The van der Waals surface area contributed by atoms with Crippen molar-refractivity contribution in [2.24, 2.45) is 0 Å². The molecule has 0 aliphatic rings. The van der Waals surface area contributed by atoms with Crippen molar-refractivity contribution in [3.8, 4) is 5.75 Å². The molecular formula is C20H23NO4. The molecule has 0 saturated carbocycles. The normalized spacial score (nSPS) is 11.4. The number of para-hydroxylation sites is 1. The van der Waals surface area contributed by atoms with Gasteiger partial charge in [-0.15, -0.1) is 0 Å². The molecule has 0 aromatic heterocycles. The molecular weight excluding hydrogens is 318 g/mol. The largest absolute Gasteiger partial charge is 0.484 e. The van der Waals surface area contributed by atoms with Crippen LogP contribution in [0.2, 0.25) is 0 Å². The summed E-state index contributed by atoms with van der Waals surface area (Å²) in [5, 5.41) is 0. The number of carbonyl (C=O) groups is 2. The quantitative estimate of drug-likeness (QED) is 0.692. The molecule has 0 N–H and O–H groups in total. The second kappa shape index (κ2) is 9.47. The van der Waals surface area contributed by atoms with Crippen molar-refractivity contribution >= 4 is 11.9 Å². The first-order valence-electron chi connectivity index (χ1n) is 8.21. The van der Waals surface area contributed by atoms with E-state index in [0.717, 1.165) is 5.56 Å². The standard InChI is InChI=1S/C20H23NO4/c1-16(17-9-5-3-6-10-17)21(14-13-20(23)24-2)19(22)15-25-18-11-7-4-8-12-18/h3-12,16H,13-15H2,1-2H3. The van der Waals surface area contributed by atoms with Gasteiger partial charge in [0.25, 0.3) is 5.91 Å². The topological polar surface area (TPSA) is 55.8 Å². The van der Waals surface area contributed by atoms with Crippen molar-refractivity contribution in [1.82, 2.24) is 4.90 Å². The van der Waals surface area contributed by atoms with Crippen LogP contribution in [0.5, 0.6) is 5.75 Å². The summed E-state index contributed by atoms with van der Waals surface area (Å²) in [4.78, 5) is 25.8. The van der Waals surface area contributed by atoms with Crippen molar-refractivity contribution in [2.75, 3.05) is 20.3 Å². The van der Waals surface area contributed by atoms with E-state index in [1.54, 1.807) is 17.0 Å². The van der Waals surface area contributed by atoms with Gasteiger partial charge >= 0.3 is 5.97 Å². The van der Waals surface area contributed by atoms with Crippen LogP contribution in [-0.4, -0.2) is 37.0 Å². The van der Waals surface area contributed by atoms with E-state index < -0.39 is 0 Å². The molecule has 0 radical (unpaired) electrons. The number of hydrogen-bond donors (Lipinski definition) is 0. The van der Waals surface area contributed by atoms with E-state index >= 15 is 0 Å². The zero-order chi connectivity index (χ0) is 18.1. The number of benzene rings is 2. The Hall–Kier alpha value is -2.82. The van der Waals surface area contributed by atoms with E-state index in [4.69, 9.17) is 4.74 Å². The Bertz CT molecular complexity index is 673. The summed E-state index contributed by atoms with van der Waals surface area (Å²) < 4.78 is 10.2. The molecule has 0 aliphatic heterocycles. The molecule has 0 fully saturated rings. The van der Waals surface area contributed by atoms with Crippen LogP contribution in [0.4, 0.5) is 0 Å². The maximum Gasteiger partial charge on any atom is 0.307 e. The maximum absolute atomic E-state index is 12.7. The fourth-order valence-electron chi connectivity index (χ4n) is 2.50. The molecule has 1 amide bonds. The zero-order valence-corrected chi connectivity index (χ0v) is 14.6. The van der Waals surface area contributed by atoms with Crippen LogP contribution in [0.3, 0.4) is 0 Å². The van der Waals surface area contributed by atoms with Gasteiger partial charge in [-0.2, -0.15) is 0 Å². The second-order valence-electron chi connectivity index (χ2n) is 5.60. The number of rotatable bonds is 8. The van der Waals surface area contributed by atoms with E-state index in [-0.39, 0.29) is 37.5 Å². The van der Waals surface area contributed by atoms with Crippen molar-refractivity contribution in [3.63, 3.8) is 0 Å². The van der Waals surface area contributed by atoms with E-state index in [9.17, 15) is 9.59 Å². The number of nitrogens with zero attached hydrogens (tertiary/aromatic N) is 1. The maximum atomic E-state index is 12.7. The average molecular weight is 341 g/mol. The van der Waals surface area contributed by atoms with Gasteiger partial charge in [0, 0.05) is 6.54 Å². The summed E-state index contributed by atoms with van der Waals surface area (Å²) >= 11 is 0. The third-order valence-electron chi connectivity index (χ3n) is 3.96. The molecule has 0 heterocycles. The number of carbonyl (C=O) groups excluding carboxylic acids is 2. The van der Waals surface area contributed by atoms with Crippen molar-refractivity contribution < 1.29 is 19.1 Å². The van der Waals surface area contributed by atoms with Gasteiger partial charge in [-0.05, 0) is 24.6 Å². The number of ether oxygens (including phenoxy) is 2. The number of amides is 1. The fourth-order valence-corrected chi connectivity index (χ4v) is 2.50. The first-order chi connectivity index (χ1) is 12.1. The molecule has 5 heteroatoms. The van der Waals surface area contributed by atoms with Crippen molar-refractivity contribution in [1.29, 1.82) is 0 Å². The van der Waals surface area contributed by atoms with Crippen LogP contribution in [0.15, 0.2) is 60.7 Å². The smallest absolute Gasteiger partial charge is 0.307 e. The highest BCUT2D eigenvalue weighted by atomic mass is 16.5. The Balaban J connectivity index is 2.06. The molecule has 2 aromatic rings. The average Bonchev–Trinajstić information content (AvgIpc) is 2.67. The Kier molecular flexibility index (Phi) is 7.01. The molecule has 25 heavy (non-hydrogen) atoms. The van der Waals surface area contributed by atoms with Gasteiger partial charge in [-0.1, -0.05) is 48.5 Å². The molecule has 1 unspecified atom stereocenters. The molecule has 0 saturated heterocycles. The molecule has 5 nitrogen and oxygen atoms in total. The second-order valence-corrected chi connectivity index (χ2v) is 5.60. The summed E-state index contributed by atoms with van der Waals surface area (Å²) in [6, 6.07) is 18.7. The van der Waals surface area contributed by atoms with Crippen LogP contribution in [-0.2, 0) is 14.3 Å². The van der Waals surface area contributed by atoms with Gasteiger partial charge in [0.2, 0.25) is 0 Å². The highest BCUT2D eigenvalue weighted by molar-refractivity contribution is 5.79. The molecule has 0 spiro atoms. The number of esters is 1. The Labute approximate surface area is 148 Å². The highest BCUT2D eigenvalue weighted by Gasteiger charge is 2.22. The monoisotopic (exact) mass is 341 g/mol. The van der Waals surface area contributed by atoms with Gasteiger partial charge in [-0.25, -0.2) is 0 Å². The van der Waals surface area contributed by atoms with Gasteiger partial charge in [0.15, 0.2) is 6.61 Å². The number of methoxy groups -OCH3 is 1. The molecule has 132 valence electrons. The molecule has 2 rings (SSSR count). The lowest BCUT2D eigenvalue weighted by atomic mass is 10.1. The third-order valence-corrected chi connectivity index (χ3v) is 3.96. The minimum absolute atomic E-state index is 0.0810. The van der Waals surface area contributed by atoms with Crippen molar-refractivity contribution in [2.45, 2.75) is 19.4 Å². The Morgan fingerprint density at radius 1 is 1.00 bits per heavy atom. The predicted molar refractivity (Wildman–Crippen MR) is 95.1 cm³/mol. The van der Waals surface area contributed by atoms with E-state index in [0.29, 0.717) is 5.75 Å². The van der Waals surface area contributed by atoms with Crippen molar-refractivity contribution in [3.05, 3.63) is 66.2 Å². The summed E-state index contributed by atoms with van der Waals surface area (Å²) in [5.41, 5.74) is 1.00. The molecule has 0 aliphatic carbocycles. The number of hydrogen-bond acceptors (Lipinski definition) is 4. The first kappa shape index (κ1) is 18.5. The van der Waals surface area contributed by atoms with Gasteiger partial charge in [-0.3, -0.25) is 9.59 Å². The molecule has 0 bridgehead atoms. The lowest BCUT2D eigenvalue weighted by Gasteiger charge is -2.29. The van der Waals surface area contributed by atoms with Crippen LogP contribution in [0.1, 0.15) is 24.9 Å². The molecule has 2 aromatic carbocycles. The first-order valence-corrected chi connectivity index (χ1v) is 8.21. The summed E-state index contributed by atoms with van der Waals surface area (Å²) in [6.45, 7) is 2.13. The Morgan fingerprint density at radius 2 is 1.60 bits per heavy atom. The van der Waals surface area contributed by atoms with Gasteiger partial charge in [0.1, 0.15) is 5.75 Å².